The van der Waals surface area contributed by atoms with E-state index in [0.29, 0.717) is 5.56 Å². The normalized spacial score (nSPS) is 13.6. The van der Waals surface area contributed by atoms with Gasteiger partial charge in [0.25, 0.3) is 0 Å². The Morgan fingerprint density at radius 2 is 1.96 bits per heavy atom. The first-order chi connectivity index (χ1) is 10.4. The van der Waals surface area contributed by atoms with Gasteiger partial charge in [0.15, 0.2) is 0 Å². The van der Waals surface area contributed by atoms with Crippen LogP contribution in [0, 0.1) is 0 Å². The molecule has 0 radical (unpaired) electrons. The van der Waals surface area contributed by atoms with E-state index in [4.69, 9.17) is 0 Å². The molecule has 0 fully saturated rings. The minimum Gasteiger partial charge on any atom is -0.389 e. The molecule has 0 aliphatic carbocycles. The van der Waals surface area contributed by atoms with Crippen molar-refractivity contribution in [2.24, 2.45) is 0 Å². The Hall–Kier alpha value is -1.76. The van der Waals surface area contributed by atoms with Gasteiger partial charge in [-0.1, -0.05) is 25.1 Å². The van der Waals surface area contributed by atoms with Crippen molar-refractivity contribution in [2.45, 2.75) is 38.5 Å². The summed E-state index contributed by atoms with van der Waals surface area (Å²) in [6.07, 6.45) is -4.38. The van der Waals surface area contributed by atoms with Crippen molar-refractivity contribution >= 4 is 6.03 Å². The lowest BCUT2D eigenvalue weighted by atomic mass is 9.99. The topological polar surface area (TPSA) is 52.6 Å². The molecule has 0 aliphatic heterocycles. The number of aliphatic hydroxyl groups is 1. The van der Waals surface area contributed by atoms with Crippen molar-refractivity contribution in [1.29, 1.82) is 0 Å². The van der Waals surface area contributed by atoms with Crippen molar-refractivity contribution in [1.82, 2.24) is 10.2 Å². The monoisotopic (exact) mass is 332 g/mol. The lowest BCUT2D eigenvalue weighted by Gasteiger charge is -2.26. The number of nitrogens with one attached hydrogen (secondary N) is 1. The van der Waals surface area contributed by atoms with E-state index in [2.05, 4.69) is 5.32 Å². The Balaban J connectivity index is 2.63. The van der Waals surface area contributed by atoms with Crippen LogP contribution in [0.15, 0.2) is 24.3 Å². The molecule has 0 bridgehead atoms. The second-order valence-electron chi connectivity index (χ2n) is 6.38. The van der Waals surface area contributed by atoms with Crippen molar-refractivity contribution in [2.75, 3.05) is 20.1 Å². The van der Waals surface area contributed by atoms with Gasteiger partial charge in [0.05, 0.1) is 17.7 Å². The molecule has 1 rings (SSSR count). The Bertz CT molecular complexity index is 539. The second-order valence-corrected chi connectivity index (χ2v) is 6.38. The van der Waals surface area contributed by atoms with E-state index in [0.717, 1.165) is 12.1 Å². The van der Waals surface area contributed by atoms with Crippen LogP contribution in [0.1, 0.15) is 37.8 Å². The van der Waals surface area contributed by atoms with Crippen molar-refractivity contribution in [3.8, 4) is 0 Å². The number of amides is 2. The third-order valence-electron chi connectivity index (χ3n) is 3.31. The molecular weight excluding hydrogens is 309 g/mol. The van der Waals surface area contributed by atoms with Crippen LogP contribution in [-0.2, 0) is 6.18 Å². The molecule has 0 saturated heterocycles. The summed E-state index contributed by atoms with van der Waals surface area (Å²) in [5.41, 5.74) is -1.21. The fraction of sp³-hybridized carbons (Fsp3) is 0.562. The van der Waals surface area contributed by atoms with Crippen LogP contribution in [0.3, 0.4) is 0 Å². The molecule has 0 unspecified atom stereocenters. The molecule has 23 heavy (non-hydrogen) atoms. The molecule has 2 amide bonds. The van der Waals surface area contributed by atoms with E-state index in [1.165, 1.54) is 11.0 Å². The average Bonchev–Trinajstić information content (AvgIpc) is 2.41. The standard InChI is InChI=1S/C16H23F3N2O2/c1-11(9-20-14(22)21(4)10-15(2,3)23)12-6-5-7-13(8-12)16(17,18)19/h5-8,11,23H,9-10H2,1-4H3,(H,20,22)/t11-/m1/s1. The number of carbonyl (C=O) groups is 1. The number of urea groups is 1. The van der Waals surface area contributed by atoms with E-state index < -0.39 is 17.3 Å². The maximum atomic E-state index is 12.7. The molecule has 130 valence electrons. The molecule has 0 saturated carbocycles. The summed E-state index contributed by atoms with van der Waals surface area (Å²) < 4.78 is 38.1. The highest BCUT2D eigenvalue weighted by Gasteiger charge is 2.30. The van der Waals surface area contributed by atoms with Gasteiger partial charge in [0.2, 0.25) is 0 Å². The van der Waals surface area contributed by atoms with Gasteiger partial charge in [-0.3, -0.25) is 0 Å². The fourth-order valence-electron chi connectivity index (χ4n) is 2.17. The number of carbonyl (C=O) groups excluding carboxylic acids is 1. The highest BCUT2D eigenvalue weighted by Crippen LogP contribution is 2.30. The molecule has 0 heterocycles. The van der Waals surface area contributed by atoms with Crippen LogP contribution in [0.4, 0.5) is 18.0 Å². The number of hydrogen-bond donors (Lipinski definition) is 2. The zero-order valence-corrected chi connectivity index (χ0v) is 13.7. The summed E-state index contributed by atoms with van der Waals surface area (Å²) in [7, 11) is 1.54. The maximum Gasteiger partial charge on any atom is 0.416 e. The Morgan fingerprint density at radius 1 is 1.35 bits per heavy atom. The van der Waals surface area contributed by atoms with E-state index in [1.807, 2.05) is 0 Å². The van der Waals surface area contributed by atoms with Gasteiger partial charge in [-0.15, -0.1) is 0 Å². The summed E-state index contributed by atoms with van der Waals surface area (Å²) in [6, 6.07) is 4.69. The van der Waals surface area contributed by atoms with Crippen LogP contribution in [0.5, 0.6) is 0 Å². The molecule has 1 atom stereocenters. The minimum absolute atomic E-state index is 0.150. The number of halogens is 3. The van der Waals surface area contributed by atoms with Crippen LogP contribution in [0.2, 0.25) is 0 Å². The SMILES string of the molecule is C[C@H](CNC(=O)N(C)CC(C)(C)O)c1cccc(C(F)(F)F)c1. The number of rotatable bonds is 5. The number of likely N-dealkylation sites (N-methyl/N-ethyl adjacent to an activating group) is 1. The predicted octanol–water partition coefficient (Wildman–Crippen LogP) is 3.22. The number of nitrogens with zero attached hydrogens (tertiary/aromatic N) is 1. The second kappa shape index (κ2) is 7.21. The molecule has 4 nitrogen and oxygen atoms in total. The quantitative estimate of drug-likeness (QED) is 0.870. The highest BCUT2D eigenvalue weighted by atomic mass is 19.4. The fourth-order valence-corrected chi connectivity index (χ4v) is 2.17. The van der Waals surface area contributed by atoms with E-state index in [1.54, 1.807) is 33.9 Å². The zero-order chi connectivity index (χ0) is 17.8. The van der Waals surface area contributed by atoms with Gasteiger partial charge >= 0.3 is 12.2 Å². The number of hydrogen-bond acceptors (Lipinski definition) is 2. The molecule has 0 aromatic heterocycles. The molecule has 1 aromatic rings. The van der Waals surface area contributed by atoms with Gasteiger partial charge in [-0.25, -0.2) is 4.79 Å². The van der Waals surface area contributed by atoms with E-state index >= 15 is 0 Å². The Morgan fingerprint density at radius 3 is 2.48 bits per heavy atom. The summed E-state index contributed by atoms with van der Waals surface area (Å²) >= 11 is 0. The molecule has 1 aromatic carbocycles. The third kappa shape index (κ3) is 6.48. The van der Waals surface area contributed by atoms with Gasteiger partial charge in [0.1, 0.15) is 0 Å². The number of alkyl halides is 3. The average molecular weight is 332 g/mol. The van der Waals surface area contributed by atoms with Crippen LogP contribution >= 0.6 is 0 Å². The molecule has 0 spiro atoms. The first kappa shape index (κ1) is 19.3. The summed E-state index contributed by atoms with van der Waals surface area (Å²) in [6.45, 7) is 5.27. The molecule has 2 N–H and O–H groups in total. The lowest BCUT2D eigenvalue weighted by molar-refractivity contribution is -0.137. The molecule has 0 aliphatic rings. The van der Waals surface area contributed by atoms with Crippen LogP contribution in [-0.4, -0.2) is 41.8 Å². The summed E-state index contributed by atoms with van der Waals surface area (Å²) in [4.78, 5) is 13.2. The predicted molar refractivity (Wildman–Crippen MR) is 82.2 cm³/mol. The van der Waals surface area contributed by atoms with Gasteiger partial charge in [0, 0.05) is 13.6 Å². The zero-order valence-electron chi connectivity index (χ0n) is 13.7. The van der Waals surface area contributed by atoms with Crippen molar-refractivity contribution in [3.05, 3.63) is 35.4 Å². The van der Waals surface area contributed by atoms with Crippen molar-refractivity contribution in [3.63, 3.8) is 0 Å². The lowest BCUT2D eigenvalue weighted by Crippen LogP contribution is -2.45. The van der Waals surface area contributed by atoms with Gasteiger partial charge < -0.3 is 15.3 Å². The Kier molecular flexibility index (Phi) is 6.04. The van der Waals surface area contributed by atoms with Gasteiger partial charge in [-0.2, -0.15) is 13.2 Å². The maximum absolute atomic E-state index is 12.7. The third-order valence-corrected chi connectivity index (χ3v) is 3.31. The van der Waals surface area contributed by atoms with E-state index in [9.17, 15) is 23.1 Å². The van der Waals surface area contributed by atoms with Gasteiger partial charge in [-0.05, 0) is 31.4 Å². The van der Waals surface area contributed by atoms with Crippen LogP contribution in [0.25, 0.3) is 0 Å². The molecular formula is C16H23F3N2O2. The van der Waals surface area contributed by atoms with Crippen molar-refractivity contribution < 1.29 is 23.1 Å². The first-order valence-corrected chi connectivity index (χ1v) is 7.28. The summed E-state index contributed by atoms with van der Waals surface area (Å²) in [5, 5.41) is 12.3. The highest BCUT2D eigenvalue weighted by molar-refractivity contribution is 5.74. The Labute approximate surface area is 134 Å². The minimum atomic E-state index is -4.38. The molecule has 7 heteroatoms. The number of benzene rings is 1. The van der Waals surface area contributed by atoms with E-state index in [-0.39, 0.29) is 25.0 Å². The van der Waals surface area contributed by atoms with Crippen LogP contribution < -0.4 is 5.32 Å². The largest absolute Gasteiger partial charge is 0.416 e. The first-order valence-electron chi connectivity index (χ1n) is 7.28. The smallest absolute Gasteiger partial charge is 0.389 e. The summed E-state index contributed by atoms with van der Waals surface area (Å²) in [5.74, 6) is -0.267.